The number of carbonyl (C=O) groups excluding carboxylic acids is 1. The molecule has 108 valence electrons. The van der Waals surface area contributed by atoms with Gasteiger partial charge in [0.15, 0.2) is 0 Å². The van der Waals surface area contributed by atoms with Crippen molar-refractivity contribution in [3.8, 4) is 0 Å². The Bertz CT molecular complexity index is 668. The Kier molecular flexibility index (Phi) is 3.88. The molecule has 0 radical (unpaired) electrons. The molecule has 0 aromatic heterocycles. The lowest BCUT2D eigenvalue weighted by molar-refractivity contribution is 0.102. The van der Waals surface area contributed by atoms with Crippen LogP contribution in [0.15, 0.2) is 42.5 Å². The van der Waals surface area contributed by atoms with Crippen LogP contribution in [0.3, 0.4) is 0 Å². The van der Waals surface area contributed by atoms with Gasteiger partial charge in [0.1, 0.15) is 0 Å². The molecule has 0 bridgehead atoms. The summed E-state index contributed by atoms with van der Waals surface area (Å²) in [5, 5.41) is 6.23. The maximum atomic E-state index is 12.3. The molecule has 1 aliphatic heterocycles. The maximum Gasteiger partial charge on any atom is 0.255 e. The molecule has 0 aliphatic carbocycles. The Hall–Kier alpha value is -2.33. The number of carbonyl (C=O) groups is 1. The van der Waals surface area contributed by atoms with Gasteiger partial charge in [-0.25, -0.2) is 0 Å². The number of benzene rings is 2. The molecule has 1 heterocycles. The zero-order valence-corrected chi connectivity index (χ0v) is 12.0. The third-order valence-corrected chi connectivity index (χ3v) is 3.57. The number of anilines is 2. The number of rotatable bonds is 4. The number of hydrogen-bond acceptors (Lipinski definition) is 3. The number of amides is 1. The maximum absolute atomic E-state index is 12.3. The minimum absolute atomic E-state index is 0.0840. The average molecular weight is 282 g/mol. The van der Waals surface area contributed by atoms with Crippen LogP contribution in [0.1, 0.15) is 21.5 Å². The Balaban J connectivity index is 1.75. The van der Waals surface area contributed by atoms with Crippen molar-refractivity contribution in [1.82, 2.24) is 0 Å². The third kappa shape index (κ3) is 3.06. The normalized spacial score (nSPS) is 12.6. The van der Waals surface area contributed by atoms with Gasteiger partial charge in [-0.2, -0.15) is 0 Å². The molecule has 0 spiro atoms. The Morgan fingerprint density at radius 3 is 3.05 bits per heavy atom. The molecule has 3 rings (SSSR count). The van der Waals surface area contributed by atoms with Crippen LogP contribution < -0.4 is 10.6 Å². The van der Waals surface area contributed by atoms with Gasteiger partial charge in [-0.05, 0) is 47.9 Å². The highest BCUT2D eigenvalue weighted by atomic mass is 16.5. The monoisotopic (exact) mass is 282 g/mol. The lowest BCUT2D eigenvalue weighted by Gasteiger charge is -2.08. The summed E-state index contributed by atoms with van der Waals surface area (Å²) in [6.07, 6.45) is 0.972. The first-order chi connectivity index (χ1) is 10.3. The van der Waals surface area contributed by atoms with Crippen molar-refractivity contribution in [3.05, 3.63) is 59.2 Å². The van der Waals surface area contributed by atoms with Crippen LogP contribution in [0.2, 0.25) is 0 Å². The van der Waals surface area contributed by atoms with E-state index >= 15 is 0 Å². The van der Waals surface area contributed by atoms with Gasteiger partial charge in [0.05, 0.1) is 6.61 Å². The molecule has 0 fully saturated rings. The van der Waals surface area contributed by atoms with Gasteiger partial charge in [-0.15, -0.1) is 0 Å². The molecule has 0 unspecified atom stereocenters. The van der Waals surface area contributed by atoms with Crippen LogP contribution in [-0.2, 0) is 17.8 Å². The summed E-state index contributed by atoms with van der Waals surface area (Å²) in [5.74, 6) is -0.0840. The van der Waals surface area contributed by atoms with Crippen molar-refractivity contribution in [3.63, 3.8) is 0 Å². The quantitative estimate of drug-likeness (QED) is 0.906. The highest BCUT2D eigenvalue weighted by Gasteiger charge is 2.13. The highest BCUT2D eigenvalue weighted by molar-refractivity contribution is 6.04. The first kappa shape index (κ1) is 13.6. The van der Waals surface area contributed by atoms with Crippen molar-refractivity contribution in [1.29, 1.82) is 0 Å². The summed E-state index contributed by atoms with van der Waals surface area (Å²) < 4.78 is 5.10. The zero-order valence-electron chi connectivity index (χ0n) is 12.0. The van der Waals surface area contributed by atoms with Crippen LogP contribution in [0.5, 0.6) is 0 Å². The van der Waals surface area contributed by atoms with Gasteiger partial charge in [-0.3, -0.25) is 4.79 Å². The average Bonchev–Trinajstić information content (AvgIpc) is 2.95. The summed E-state index contributed by atoms with van der Waals surface area (Å²) >= 11 is 0. The summed E-state index contributed by atoms with van der Waals surface area (Å²) in [6, 6.07) is 13.5. The smallest absolute Gasteiger partial charge is 0.255 e. The topological polar surface area (TPSA) is 50.4 Å². The number of methoxy groups -OCH3 is 1. The molecule has 2 aromatic rings. The summed E-state index contributed by atoms with van der Waals surface area (Å²) in [6.45, 7) is 1.48. The first-order valence-electron chi connectivity index (χ1n) is 7.02. The largest absolute Gasteiger partial charge is 0.384 e. The lowest BCUT2D eigenvalue weighted by atomic mass is 10.1. The number of fused-ring (bicyclic) bond motifs is 1. The second-order valence-corrected chi connectivity index (χ2v) is 5.14. The van der Waals surface area contributed by atoms with Crippen molar-refractivity contribution in [2.75, 3.05) is 24.3 Å². The lowest BCUT2D eigenvalue weighted by Crippen LogP contribution is -2.12. The van der Waals surface area contributed by atoms with E-state index in [0.29, 0.717) is 12.2 Å². The number of nitrogens with one attached hydrogen (secondary N) is 2. The van der Waals surface area contributed by atoms with Crippen LogP contribution in [-0.4, -0.2) is 19.6 Å². The predicted octanol–water partition coefficient (Wildman–Crippen LogP) is 3.05. The van der Waals surface area contributed by atoms with Gasteiger partial charge >= 0.3 is 0 Å². The molecule has 1 aliphatic rings. The van der Waals surface area contributed by atoms with E-state index in [9.17, 15) is 4.79 Å². The van der Waals surface area contributed by atoms with Crippen molar-refractivity contribution < 1.29 is 9.53 Å². The fourth-order valence-electron chi connectivity index (χ4n) is 2.55. The molecule has 0 saturated heterocycles. The highest BCUT2D eigenvalue weighted by Crippen LogP contribution is 2.23. The van der Waals surface area contributed by atoms with Crippen LogP contribution in [0, 0.1) is 0 Å². The molecule has 0 saturated carbocycles. The molecule has 4 nitrogen and oxygen atoms in total. The predicted molar refractivity (Wildman–Crippen MR) is 83.7 cm³/mol. The molecule has 1 amide bonds. The molecule has 21 heavy (non-hydrogen) atoms. The SMILES string of the molecule is COCc1cccc(NC(=O)c2ccc3c(c2)CCN3)c1. The third-order valence-electron chi connectivity index (χ3n) is 3.57. The second kappa shape index (κ2) is 5.97. The van der Waals surface area contributed by atoms with Crippen LogP contribution in [0.4, 0.5) is 11.4 Å². The van der Waals surface area contributed by atoms with E-state index in [1.54, 1.807) is 7.11 Å². The Morgan fingerprint density at radius 1 is 1.29 bits per heavy atom. The van der Waals surface area contributed by atoms with Gasteiger partial charge in [-0.1, -0.05) is 12.1 Å². The second-order valence-electron chi connectivity index (χ2n) is 5.14. The van der Waals surface area contributed by atoms with Gasteiger partial charge in [0, 0.05) is 30.6 Å². The van der Waals surface area contributed by atoms with E-state index in [4.69, 9.17) is 4.74 Å². The van der Waals surface area contributed by atoms with E-state index in [-0.39, 0.29) is 5.91 Å². The summed E-state index contributed by atoms with van der Waals surface area (Å²) in [7, 11) is 1.66. The number of hydrogen-bond donors (Lipinski definition) is 2. The van der Waals surface area contributed by atoms with Gasteiger partial charge in [0.25, 0.3) is 5.91 Å². The van der Waals surface area contributed by atoms with Gasteiger partial charge < -0.3 is 15.4 Å². The molecule has 4 heteroatoms. The van der Waals surface area contributed by atoms with Crippen LogP contribution >= 0.6 is 0 Å². The molecule has 0 atom stereocenters. The molecule has 2 N–H and O–H groups in total. The molecular weight excluding hydrogens is 264 g/mol. The minimum Gasteiger partial charge on any atom is -0.384 e. The van der Waals surface area contributed by atoms with E-state index in [1.807, 2.05) is 42.5 Å². The Labute approximate surface area is 124 Å². The summed E-state index contributed by atoms with van der Waals surface area (Å²) in [5.41, 5.74) is 4.85. The zero-order chi connectivity index (χ0) is 14.7. The fraction of sp³-hybridized carbons (Fsp3) is 0.235. The first-order valence-corrected chi connectivity index (χ1v) is 7.02. The van der Waals surface area contributed by atoms with Gasteiger partial charge in [0.2, 0.25) is 0 Å². The minimum atomic E-state index is -0.0840. The summed E-state index contributed by atoms with van der Waals surface area (Å²) in [4.78, 5) is 12.3. The number of ether oxygens (including phenoxy) is 1. The van der Waals surface area contributed by atoms with E-state index in [0.717, 1.165) is 29.9 Å². The van der Waals surface area contributed by atoms with E-state index in [1.165, 1.54) is 5.56 Å². The van der Waals surface area contributed by atoms with E-state index in [2.05, 4.69) is 10.6 Å². The molecule has 2 aromatic carbocycles. The van der Waals surface area contributed by atoms with Crippen LogP contribution in [0.25, 0.3) is 0 Å². The van der Waals surface area contributed by atoms with Crippen molar-refractivity contribution in [2.45, 2.75) is 13.0 Å². The molecular formula is C17H18N2O2. The standard InChI is InChI=1S/C17H18N2O2/c1-21-11-12-3-2-4-15(9-12)19-17(20)14-5-6-16-13(10-14)7-8-18-16/h2-6,9-10,18H,7-8,11H2,1H3,(H,19,20). The van der Waals surface area contributed by atoms with Crippen molar-refractivity contribution >= 4 is 17.3 Å². The fourth-order valence-corrected chi connectivity index (χ4v) is 2.55. The Morgan fingerprint density at radius 2 is 2.19 bits per heavy atom. The van der Waals surface area contributed by atoms with E-state index < -0.39 is 0 Å². The van der Waals surface area contributed by atoms with Crippen molar-refractivity contribution in [2.24, 2.45) is 0 Å².